The largest absolute Gasteiger partial charge is 0.394 e. The lowest BCUT2D eigenvalue weighted by molar-refractivity contribution is 0.0504. The van der Waals surface area contributed by atoms with Crippen molar-refractivity contribution in [3.05, 3.63) is 46.4 Å². The lowest BCUT2D eigenvalue weighted by Crippen LogP contribution is -2.45. The minimum atomic E-state index is -0.195. The summed E-state index contributed by atoms with van der Waals surface area (Å²) in [7, 11) is 0. The highest BCUT2D eigenvalue weighted by molar-refractivity contribution is 6.06. The van der Waals surface area contributed by atoms with Gasteiger partial charge in [-0.05, 0) is 25.3 Å². The Kier molecular flexibility index (Phi) is 3.75. The van der Waals surface area contributed by atoms with Gasteiger partial charge in [0.1, 0.15) is 0 Å². The van der Waals surface area contributed by atoms with E-state index in [9.17, 15) is 14.7 Å². The molecule has 2 heterocycles. The quantitative estimate of drug-likeness (QED) is 0.879. The highest BCUT2D eigenvalue weighted by Crippen LogP contribution is 2.22. The number of carbonyl (C=O) groups excluding carboxylic acids is 1. The Morgan fingerprint density at radius 3 is 2.81 bits per heavy atom. The average molecular weight is 286 g/mol. The molecule has 0 unspecified atom stereocenters. The van der Waals surface area contributed by atoms with Gasteiger partial charge in [0.15, 0.2) is 0 Å². The number of H-pyrrole nitrogens is 1. The highest BCUT2D eigenvalue weighted by Gasteiger charge is 2.28. The van der Waals surface area contributed by atoms with Crippen LogP contribution in [0.3, 0.4) is 0 Å². The number of nitrogens with zero attached hydrogens (tertiary/aromatic N) is 1. The molecule has 110 valence electrons. The first-order chi connectivity index (χ1) is 10.2. The number of benzene rings is 1. The minimum Gasteiger partial charge on any atom is -0.394 e. The van der Waals surface area contributed by atoms with Crippen LogP contribution in [0.5, 0.6) is 0 Å². The van der Waals surface area contributed by atoms with Gasteiger partial charge < -0.3 is 15.0 Å². The van der Waals surface area contributed by atoms with Crippen LogP contribution in [0.1, 0.15) is 29.6 Å². The molecule has 1 saturated heterocycles. The van der Waals surface area contributed by atoms with Crippen molar-refractivity contribution in [2.75, 3.05) is 13.2 Å². The number of hydrogen-bond acceptors (Lipinski definition) is 3. The molecule has 21 heavy (non-hydrogen) atoms. The molecule has 1 fully saturated rings. The predicted molar refractivity (Wildman–Crippen MR) is 80.3 cm³/mol. The summed E-state index contributed by atoms with van der Waals surface area (Å²) in [6.07, 6.45) is 4.28. The van der Waals surface area contributed by atoms with Crippen LogP contribution in [0, 0.1) is 0 Å². The zero-order valence-electron chi connectivity index (χ0n) is 11.7. The molecule has 5 nitrogen and oxygen atoms in total. The van der Waals surface area contributed by atoms with E-state index < -0.39 is 0 Å². The van der Waals surface area contributed by atoms with Gasteiger partial charge in [-0.25, -0.2) is 0 Å². The summed E-state index contributed by atoms with van der Waals surface area (Å²) in [4.78, 5) is 29.0. The highest BCUT2D eigenvalue weighted by atomic mass is 16.3. The fraction of sp³-hybridized carbons (Fsp3) is 0.375. The van der Waals surface area contributed by atoms with E-state index in [0.29, 0.717) is 22.9 Å². The van der Waals surface area contributed by atoms with Crippen LogP contribution in [-0.2, 0) is 0 Å². The van der Waals surface area contributed by atoms with Crippen LogP contribution in [0.2, 0.25) is 0 Å². The Morgan fingerprint density at radius 1 is 1.29 bits per heavy atom. The van der Waals surface area contributed by atoms with Gasteiger partial charge in [-0.3, -0.25) is 9.59 Å². The predicted octanol–water partition coefficient (Wildman–Crippen LogP) is 1.52. The van der Waals surface area contributed by atoms with Crippen LogP contribution in [-0.4, -0.2) is 40.1 Å². The Bertz CT molecular complexity index is 723. The van der Waals surface area contributed by atoms with Gasteiger partial charge >= 0.3 is 0 Å². The topological polar surface area (TPSA) is 73.4 Å². The summed E-state index contributed by atoms with van der Waals surface area (Å²) in [6.45, 7) is 0.630. The zero-order chi connectivity index (χ0) is 14.8. The minimum absolute atomic E-state index is 0.0208. The number of aliphatic hydroxyl groups is 1. The van der Waals surface area contributed by atoms with E-state index in [2.05, 4.69) is 4.98 Å². The normalized spacial score (nSPS) is 18.9. The van der Waals surface area contributed by atoms with Crippen molar-refractivity contribution in [3.63, 3.8) is 0 Å². The molecule has 1 aliphatic heterocycles. The first-order valence-corrected chi connectivity index (χ1v) is 7.24. The van der Waals surface area contributed by atoms with Crippen molar-refractivity contribution in [2.24, 2.45) is 0 Å². The van der Waals surface area contributed by atoms with Crippen LogP contribution in [0.4, 0.5) is 0 Å². The van der Waals surface area contributed by atoms with E-state index in [0.717, 1.165) is 19.3 Å². The van der Waals surface area contributed by atoms with Crippen molar-refractivity contribution >= 4 is 16.7 Å². The maximum atomic E-state index is 12.8. The lowest BCUT2D eigenvalue weighted by atomic mass is 10.00. The second-order valence-corrected chi connectivity index (χ2v) is 5.41. The van der Waals surface area contributed by atoms with Crippen LogP contribution in [0.25, 0.3) is 10.8 Å². The fourth-order valence-electron chi connectivity index (χ4n) is 3.00. The molecular weight excluding hydrogens is 268 g/mol. The van der Waals surface area contributed by atoms with Crippen LogP contribution >= 0.6 is 0 Å². The molecular formula is C16H18N2O3. The summed E-state index contributed by atoms with van der Waals surface area (Å²) in [5.74, 6) is -0.124. The molecule has 3 rings (SSSR count). The van der Waals surface area contributed by atoms with Gasteiger partial charge in [0.25, 0.3) is 11.5 Å². The van der Waals surface area contributed by atoms with E-state index in [-0.39, 0.29) is 24.1 Å². The van der Waals surface area contributed by atoms with E-state index in [1.165, 1.54) is 6.20 Å². The van der Waals surface area contributed by atoms with Crippen molar-refractivity contribution in [1.29, 1.82) is 0 Å². The number of pyridine rings is 1. The zero-order valence-corrected chi connectivity index (χ0v) is 11.7. The maximum Gasteiger partial charge on any atom is 0.256 e. The number of carbonyl (C=O) groups is 1. The average Bonchev–Trinajstić information content (AvgIpc) is 2.55. The Hall–Kier alpha value is -2.14. The second-order valence-electron chi connectivity index (χ2n) is 5.41. The van der Waals surface area contributed by atoms with Crippen molar-refractivity contribution < 1.29 is 9.90 Å². The first-order valence-electron chi connectivity index (χ1n) is 7.24. The number of aromatic nitrogens is 1. The van der Waals surface area contributed by atoms with Crippen molar-refractivity contribution in [3.8, 4) is 0 Å². The van der Waals surface area contributed by atoms with Gasteiger partial charge in [0.05, 0.1) is 18.2 Å². The van der Waals surface area contributed by atoms with Gasteiger partial charge in [0, 0.05) is 23.5 Å². The number of nitrogens with one attached hydrogen (secondary N) is 1. The molecule has 0 saturated carbocycles. The monoisotopic (exact) mass is 286 g/mol. The Balaban J connectivity index is 2.05. The SMILES string of the molecule is O=C(c1c[nH]c(=O)c2ccccc12)N1CCCC[C@@H]1CO. The van der Waals surface area contributed by atoms with Gasteiger partial charge in [-0.1, -0.05) is 18.2 Å². The molecule has 1 aromatic heterocycles. The molecule has 0 spiro atoms. The lowest BCUT2D eigenvalue weighted by Gasteiger charge is -2.34. The third kappa shape index (κ3) is 2.45. The number of likely N-dealkylation sites (tertiary alicyclic amines) is 1. The van der Waals surface area contributed by atoms with Gasteiger partial charge in [-0.2, -0.15) is 0 Å². The molecule has 5 heteroatoms. The van der Waals surface area contributed by atoms with Gasteiger partial charge in [0.2, 0.25) is 0 Å². The number of amides is 1. The second kappa shape index (κ2) is 5.69. The van der Waals surface area contributed by atoms with E-state index >= 15 is 0 Å². The van der Waals surface area contributed by atoms with E-state index in [1.807, 2.05) is 6.07 Å². The summed E-state index contributed by atoms with van der Waals surface area (Å²) in [5, 5.41) is 10.6. The molecule has 1 atom stereocenters. The van der Waals surface area contributed by atoms with Crippen LogP contribution < -0.4 is 5.56 Å². The smallest absolute Gasteiger partial charge is 0.256 e. The summed E-state index contributed by atoms with van der Waals surface area (Å²) in [5.41, 5.74) is 0.296. The number of piperidine rings is 1. The number of aliphatic hydroxyl groups excluding tert-OH is 1. The number of rotatable bonds is 2. The fourth-order valence-corrected chi connectivity index (χ4v) is 3.00. The molecule has 1 aliphatic rings. The molecule has 0 bridgehead atoms. The molecule has 1 aromatic carbocycles. The summed E-state index contributed by atoms with van der Waals surface area (Å²) >= 11 is 0. The Morgan fingerprint density at radius 2 is 2.05 bits per heavy atom. The third-order valence-electron chi connectivity index (χ3n) is 4.14. The van der Waals surface area contributed by atoms with Crippen LogP contribution in [0.15, 0.2) is 35.3 Å². The standard InChI is InChI=1S/C16H18N2O3/c19-10-11-5-3-4-8-18(11)16(21)14-9-17-15(20)13-7-2-1-6-12(13)14/h1-2,6-7,9,11,19H,3-5,8,10H2,(H,17,20)/t11-/m1/s1. The van der Waals surface area contributed by atoms with Crippen molar-refractivity contribution in [1.82, 2.24) is 9.88 Å². The van der Waals surface area contributed by atoms with E-state index in [1.54, 1.807) is 23.1 Å². The number of hydrogen-bond donors (Lipinski definition) is 2. The molecule has 0 radical (unpaired) electrons. The first kappa shape index (κ1) is 13.8. The third-order valence-corrected chi connectivity index (χ3v) is 4.14. The Labute approximate surface area is 122 Å². The molecule has 0 aliphatic carbocycles. The molecule has 2 aromatic rings. The maximum absolute atomic E-state index is 12.8. The molecule has 2 N–H and O–H groups in total. The van der Waals surface area contributed by atoms with Gasteiger partial charge in [-0.15, -0.1) is 0 Å². The summed E-state index contributed by atoms with van der Waals surface area (Å²) < 4.78 is 0. The van der Waals surface area contributed by atoms with Crippen molar-refractivity contribution in [2.45, 2.75) is 25.3 Å². The van der Waals surface area contributed by atoms with E-state index in [4.69, 9.17) is 0 Å². The summed E-state index contributed by atoms with van der Waals surface area (Å²) in [6, 6.07) is 6.97. The number of fused-ring (bicyclic) bond motifs is 1. The number of aromatic amines is 1. The molecule has 1 amide bonds.